The number of nitrogens with zero attached hydrogens (tertiary/aromatic N) is 3. The summed E-state index contributed by atoms with van der Waals surface area (Å²) in [5, 5.41) is 3.40. The van der Waals surface area contributed by atoms with E-state index in [4.69, 9.17) is 20.8 Å². The standard InChI is InChI=1S/C26H28ClF3N4O3/c27-22-6-2-4-20(14-22)16-34(15-19-3-1-5-21(13-19)26(28,29)30)17-24-32-23(18-37-24)25(35)31-7-8-33-9-11-36-12-10-33/h1-6,13-14,18H,7-12,15-17H2,(H,31,35). The number of halogens is 4. The van der Waals surface area contributed by atoms with Crippen LogP contribution in [0.3, 0.4) is 0 Å². The number of oxazole rings is 1. The van der Waals surface area contributed by atoms with Crippen molar-refractivity contribution in [2.75, 3.05) is 39.4 Å². The van der Waals surface area contributed by atoms with Crippen molar-refractivity contribution in [2.24, 2.45) is 0 Å². The Morgan fingerprint density at radius 2 is 1.76 bits per heavy atom. The minimum Gasteiger partial charge on any atom is -0.447 e. The van der Waals surface area contributed by atoms with Gasteiger partial charge in [-0.2, -0.15) is 13.2 Å². The highest BCUT2D eigenvalue weighted by Crippen LogP contribution is 2.30. The van der Waals surface area contributed by atoms with Crippen molar-refractivity contribution in [1.29, 1.82) is 0 Å². The van der Waals surface area contributed by atoms with E-state index >= 15 is 0 Å². The van der Waals surface area contributed by atoms with E-state index in [1.807, 2.05) is 17.0 Å². The lowest BCUT2D eigenvalue weighted by atomic mass is 10.1. The van der Waals surface area contributed by atoms with Gasteiger partial charge in [-0.15, -0.1) is 0 Å². The first-order chi connectivity index (χ1) is 17.8. The van der Waals surface area contributed by atoms with E-state index in [2.05, 4.69) is 15.2 Å². The van der Waals surface area contributed by atoms with Gasteiger partial charge in [0.1, 0.15) is 6.26 Å². The van der Waals surface area contributed by atoms with Crippen molar-refractivity contribution in [2.45, 2.75) is 25.8 Å². The van der Waals surface area contributed by atoms with Crippen LogP contribution in [0.5, 0.6) is 0 Å². The predicted molar refractivity (Wildman–Crippen MR) is 132 cm³/mol. The highest BCUT2D eigenvalue weighted by molar-refractivity contribution is 6.30. The molecule has 1 N–H and O–H groups in total. The van der Waals surface area contributed by atoms with E-state index in [0.717, 1.165) is 30.8 Å². The molecule has 0 radical (unpaired) electrons. The van der Waals surface area contributed by atoms with Crippen molar-refractivity contribution in [1.82, 2.24) is 20.1 Å². The van der Waals surface area contributed by atoms with Gasteiger partial charge in [-0.3, -0.25) is 14.6 Å². The second-order valence-electron chi connectivity index (χ2n) is 8.81. The molecule has 1 aliphatic heterocycles. The number of ether oxygens (including phenoxy) is 1. The number of benzene rings is 2. The quantitative estimate of drug-likeness (QED) is 0.408. The van der Waals surface area contributed by atoms with Crippen LogP contribution in [0.25, 0.3) is 0 Å². The lowest BCUT2D eigenvalue weighted by Gasteiger charge is -2.26. The van der Waals surface area contributed by atoms with Gasteiger partial charge in [0.15, 0.2) is 5.69 Å². The van der Waals surface area contributed by atoms with Crippen LogP contribution in [-0.4, -0.2) is 60.1 Å². The highest BCUT2D eigenvalue weighted by Gasteiger charge is 2.30. The zero-order valence-electron chi connectivity index (χ0n) is 20.1. The number of amides is 1. The van der Waals surface area contributed by atoms with Crippen molar-refractivity contribution in [3.8, 4) is 0 Å². The molecule has 2 aromatic carbocycles. The summed E-state index contributed by atoms with van der Waals surface area (Å²) >= 11 is 6.12. The summed E-state index contributed by atoms with van der Waals surface area (Å²) in [6.45, 7) is 5.00. The molecule has 1 fully saturated rings. The maximum Gasteiger partial charge on any atom is 0.416 e. The Morgan fingerprint density at radius 3 is 2.46 bits per heavy atom. The predicted octanol–water partition coefficient (Wildman–Crippen LogP) is 4.61. The number of aromatic nitrogens is 1. The monoisotopic (exact) mass is 536 g/mol. The number of carbonyl (C=O) groups is 1. The molecule has 0 aliphatic carbocycles. The van der Waals surface area contributed by atoms with Crippen LogP contribution in [0.15, 0.2) is 59.2 Å². The Bertz CT molecular complexity index is 1180. The summed E-state index contributed by atoms with van der Waals surface area (Å²) in [5.41, 5.74) is 0.815. The van der Waals surface area contributed by atoms with Gasteiger partial charge in [0.05, 0.1) is 25.3 Å². The number of hydrogen-bond acceptors (Lipinski definition) is 6. The first kappa shape index (κ1) is 27.1. The maximum absolute atomic E-state index is 13.2. The second-order valence-corrected chi connectivity index (χ2v) is 9.25. The number of morpholine rings is 1. The SMILES string of the molecule is O=C(NCCN1CCOCC1)c1coc(CN(Cc2cccc(Cl)c2)Cc2cccc(C(F)(F)F)c2)n1. The van der Waals surface area contributed by atoms with E-state index in [-0.39, 0.29) is 30.6 Å². The molecule has 0 unspecified atom stereocenters. The van der Waals surface area contributed by atoms with Gasteiger partial charge in [0, 0.05) is 44.3 Å². The molecular formula is C26H28ClF3N4O3. The van der Waals surface area contributed by atoms with Gasteiger partial charge >= 0.3 is 6.18 Å². The third-order valence-corrected chi connectivity index (χ3v) is 6.15. The number of alkyl halides is 3. The van der Waals surface area contributed by atoms with E-state index in [1.165, 1.54) is 12.3 Å². The smallest absolute Gasteiger partial charge is 0.416 e. The molecule has 1 aliphatic rings. The fourth-order valence-corrected chi connectivity index (χ4v) is 4.30. The minimum atomic E-state index is -4.43. The average Bonchev–Trinajstić information content (AvgIpc) is 3.33. The van der Waals surface area contributed by atoms with E-state index < -0.39 is 11.7 Å². The van der Waals surface area contributed by atoms with Crippen LogP contribution in [-0.2, 0) is 30.5 Å². The van der Waals surface area contributed by atoms with Gasteiger partial charge in [-0.05, 0) is 29.3 Å². The Morgan fingerprint density at radius 1 is 1.05 bits per heavy atom. The molecule has 1 amide bonds. The van der Waals surface area contributed by atoms with E-state index in [9.17, 15) is 18.0 Å². The maximum atomic E-state index is 13.2. The van der Waals surface area contributed by atoms with Crippen molar-refractivity contribution >= 4 is 17.5 Å². The number of carbonyl (C=O) groups excluding carboxylic acids is 1. The minimum absolute atomic E-state index is 0.152. The highest BCUT2D eigenvalue weighted by atomic mass is 35.5. The molecule has 0 bridgehead atoms. The topological polar surface area (TPSA) is 70.8 Å². The first-order valence-electron chi connectivity index (χ1n) is 11.9. The molecule has 37 heavy (non-hydrogen) atoms. The van der Waals surface area contributed by atoms with Crippen molar-refractivity contribution in [3.05, 3.63) is 88.1 Å². The summed E-state index contributed by atoms with van der Waals surface area (Å²) in [4.78, 5) is 20.9. The lowest BCUT2D eigenvalue weighted by molar-refractivity contribution is -0.137. The Labute approximate surface area is 218 Å². The Balaban J connectivity index is 1.42. The van der Waals surface area contributed by atoms with Gasteiger partial charge in [-0.25, -0.2) is 4.98 Å². The Kier molecular flexibility index (Phi) is 9.20. The molecule has 1 aromatic heterocycles. The molecule has 0 saturated carbocycles. The molecule has 1 saturated heterocycles. The molecular weight excluding hydrogens is 509 g/mol. The summed E-state index contributed by atoms with van der Waals surface area (Å²) in [5.74, 6) is -0.0603. The number of nitrogens with one attached hydrogen (secondary N) is 1. The molecule has 4 rings (SSSR count). The summed E-state index contributed by atoms with van der Waals surface area (Å²) < 4.78 is 50.5. The molecule has 3 aromatic rings. The third-order valence-electron chi connectivity index (χ3n) is 5.92. The van der Waals surface area contributed by atoms with Crippen LogP contribution >= 0.6 is 11.6 Å². The summed E-state index contributed by atoms with van der Waals surface area (Å²) in [6.07, 6.45) is -3.14. The van der Waals surface area contributed by atoms with Gasteiger partial charge < -0.3 is 14.5 Å². The third kappa shape index (κ3) is 8.29. The molecule has 198 valence electrons. The second kappa shape index (κ2) is 12.6. The van der Waals surface area contributed by atoms with Gasteiger partial charge in [-0.1, -0.05) is 41.9 Å². The summed E-state index contributed by atoms with van der Waals surface area (Å²) in [6, 6.07) is 12.4. The fourth-order valence-electron chi connectivity index (χ4n) is 4.09. The van der Waals surface area contributed by atoms with E-state index in [1.54, 1.807) is 18.2 Å². The Hall–Kier alpha value is -2.92. The van der Waals surface area contributed by atoms with Crippen LogP contribution in [0.2, 0.25) is 5.02 Å². The van der Waals surface area contributed by atoms with Crippen LogP contribution in [0, 0.1) is 0 Å². The first-order valence-corrected chi connectivity index (χ1v) is 12.3. The number of hydrogen-bond donors (Lipinski definition) is 1. The van der Waals surface area contributed by atoms with Crippen LogP contribution in [0.1, 0.15) is 33.1 Å². The summed E-state index contributed by atoms with van der Waals surface area (Å²) in [7, 11) is 0. The molecule has 0 spiro atoms. The van der Waals surface area contributed by atoms with E-state index in [0.29, 0.717) is 43.4 Å². The number of rotatable bonds is 10. The zero-order chi connectivity index (χ0) is 26.3. The molecule has 2 heterocycles. The van der Waals surface area contributed by atoms with Crippen LogP contribution < -0.4 is 5.32 Å². The average molecular weight is 537 g/mol. The largest absolute Gasteiger partial charge is 0.447 e. The zero-order valence-corrected chi connectivity index (χ0v) is 20.9. The van der Waals surface area contributed by atoms with Gasteiger partial charge in [0.2, 0.25) is 5.89 Å². The van der Waals surface area contributed by atoms with Crippen LogP contribution in [0.4, 0.5) is 13.2 Å². The van der Waals surface area contributed by atoms with Gasteiger partial charge in [0.25, 0.3) is 5.91 Å². The molecule has 11 heteroatoms. The lowest BCUT2D eigenvalue weighted by Crippen LogP contribution is -2.41. The molecule has 0 atom stereocenters. The normalized spacial score (nSPS) is 14.7. The van der Waals surface area contributed by atoms with Crippen molar-refractivity contribution in [3.63, 3.8) is 0 Å². The molecule has 7 nitrogen and oxygen atoms in total. The fraction of sp³-hybridized carbons (Fsp3) is 0.385. The van der Waals surface area contributed by atoms with Crippen molar-refractivity contribution < 1.29 is 27.1 Å².